The standard InChI is InChI=1S/C8H9NOS/c1-11-8-5-3-2-4-7(8)6-9-10/h2-6,10H,1H3. The number of oxime groups is 1. The van der Waals surface area contributed by atoms with Gasteiger partial charge in [0.25, 0.3) is 0 Å². The van der Waals surface area contributed by atoms with Crippen molar-refractivity contribution < 1.29 is 5.21 Å². The van der Waals surface area contributed by atoms with Gasteiger partial charge in [0.05, 0.1) is 6.21 Å². The number of nitrogens with zero attached hydrogens (tertiary/aromatic N) is 1. The van der Waals surface area contributed by atoms with Crippen molar-refractivity contribution in [2.75, 3.05) is 6.26 Å². The summed E-state index contributed by atoms with van der Waals surface area (Å²) in [5.41, 5.74) is 0.947. The van der Waals surface area contributed by atoms with Gasteiger partial charge in [-0.15, -0.1) is 11.8 Å². The van der Waals surface area contributed by atoms with Crippen molar-refractivity contribution in [3.8, 4) is 0 Å². The van der Waals surface area contributed by atoms with Gasteiger partial charge in [-0.25, -0.2) is 0 Å². The van der Waals surface area contributed by atoms with Crippen LogP contribution in [0.4, 0.5) is 0 Å². The topological polar surface area (TPSA) is 32.6 Å². The van der Waals surface area contributed by atoms with Crippen LogP contribution in [-0.2, 0) is 0 Å². The first-order chi connectivity index (χ1) is 5.38. The molecule has 0 aliphatic carbocycles. The third-order valence-corrected chi connectivity index (χ3v) is 2.15. The molecule has 0 saturated carbocycles. The Morgan fingerprint density at radius 2 is 2.18 bits per heavy atom. The van der Waals surface area contributed by atoms with E-state index < -0.39 is 0 Å². The average molecular weight is 167 g/mol. The second kappa shape index (κ2) is 4.03. The molecule has 1 rings (SSSR count). The predicted molar refractivity (Wildman–Crippen MR) is 47.6 cm³/mol. The van der Waals surface area contributed by atoms with Crippen LogP contribution in [-0.4, -0.2) is 17.7 Å². The van der Waals surface area contributed by atoms with E-state index in [0.29, 0.717) is 0 Å². The Balaban J connectivity index is 3.02. The summed E-state index contributed by atoms with van der Waals surface area (Å²) in [4.78, 5) is 1.12. The molecule has 0 spiro atoms. The van der Waals surface area contributed by atoms with Crippen LogP contribution >= 0.6 is 11.8 Å². The van der Waals surface area contributed by atoms with Gasteiger partial charge in [-0.1, -0.05) is 23.4 Å². The molecule has 2 nitrogen and oxygen atoms in total. The first-order valence-corrected chi connectivity index (χ1v) is 4.41. The van der Waals surface area contributed by atoms with E-state index in [1.165, 1.54) is 6.21 Å². The zero-order valence-corrected chi connectivity index (χ0v) is 7.01. The third kappa shape index (κ3) is 1.98. The van der Waals surface area contributed by atoms with Crippen LogP contribution in [0, 0.1) is 0 Å². The maximum Gasteiger partial charge on any atom is 0.0745 e. The highest BCUT2D eigenvalue weighted by molar-refractivity contribution is 7.98. The maximum absolute atomic E-state index is 8.30. The SMILES string of the molecule is CSc1ccccc1C=NO. The summed E-state index contributed by atoms with van der Waals surface area (Å²) in [5.74, 6) is 0. The van der Waals surface area contributed by atoms with E-state index in [1.807, 2.05) is 30.5 Å². The number of hydrogen-bond donors (Lipinski definition) is 1. The maximum atomic E-state index is 8.30. The highest BCUT2D eigenvalue weighted by Crippen LogP contribution is 2.17. The Kier molecular flexibility index (Phi) is 2.98. The molecule has 3 heteroatoms. The molecule has 0 aromatic heterocycles. The van der Waals surface area contributed by atoms with Gasteiger partial charge in [0.15, 0.2) is 0 Å². The summed E-state index contributed by atoms with van der Waals surface area (Å²) < 4.78 is 0. The molecule has 11 heavy (non-hydrogen) atoms. The van der Waals surface area contributed by atoms with Crippen LogP contribution in [0.3, 0.4) is 0 Å². The van der Waals surface area contributed by atoms with E-state index in [0.717, 1.165) is 10.5 Å². The largest absolute Gasteiger partial charge is 0.411 e. The first-order valence-electron chi connectivity index (χ1n) is 3.19. The second-order valence-corrected chi connectivity index (χ2v) is 2.83. The lowest BCUT2D eigenvalue weighted by Gasteiger charge is -1.98. The first kappa shape index (κ1) is 8.14. The lowest BCUT2D eigenvalue weighted by atomic mass is 10.2. The van der Waals surface area contributed by atoms with Gasteiger partial charge in [0.1, 0.15) is 0 Å². The van der Waals surface area contributed by atoms with E-state index in [1.54, 1.807) is 11.8 Å². The summed E-state index contributed by atoms with van der Waals surface area (Å²) in [6.07, 6.45) is 3.43. The summed E-state index contributed by atoms with van der Waals surface area (Å²) in [6, 6.07) is 7.77. The second-order valence-electron chi connectivity index (χ2n) is 1.99. The lowest BCUT2D eigenvalue weighted by Crippen LogP contribution is -1.83. The van der Waals surface area contributed by atoms with E-state index in [9.17, 15) is 0 Å². The monoisotopic (exact) mass is 167 g/mol. The van der Waals surface area contributed by atoms with Crippen molar-refractivity contribution in [2.24, 2.45) is 5.16 Å². The van der Waals surface area contributed by atoms with Gasteiger partial charge in [-0.05, 0) is 12.3 Å². The van der Waals surface area contributed by atoms with Crippen LogP contribution in [0.2, 0.25) is 0 Å². The fraction of sp³-hybridized carbons (Fsp3) is 0.125. The molecule has 0 fully saturated rings. The van der Waals surface area contributed by atoms with Gasteiger partial charge in [0, 0.05) is 10.5 Å². The molecule has 1 aromatic carbocycles. The minimum atomic E-state index is 0.947. The van der Waals surface area contributed by atoms with Gasteiger partial charge in [-0.2, -0.15) is 0 Å². The van der Waals surface area contributed by atoms with Crippen molar-refractivity contribution in [1.82, 2.24) is 0 Å². The lowest BCUT2D eigenvalue weighted by molar-refractivity contribution is 0.322. The molecule has 1 N–H and O–H groups in total. The molecule has 0 heterocycles. The molecule has 0 unspecified atom stereocenters. The van der Waals surface area contributed by atoms with E-state index in [-0.39, 0.29) is 0 Å². The highest BCUT2D eigenvalue weighted by atomic mass is 32.2. The van der Waals surface area contributed by atoms with Crippen molar-refractivity contribution in [1.29, 1.82) is 0 Å². The molecule has 0 amide bonds. The molecule has 0 aliphatic rings. The summed E-state index contributed by atoms with van der Waals surface area (Å²) in [5, 5.41) is 11.3. The molecule has 0 bridgehead atoms. The number of hydrogen-bond acceptors (Lipinski definition) is 3. The summed E-state index contributed by atoms with van der Waals surface area (Å²) in [7, 11) is 0. The Bertz CT molecular complexity index is 260. The van der Waals surface area contributed by atoms with E-state index in [4.69, 9.17) is 5.21 Å². The normalized spacial score (nSPS) is 10.6. The summed E-state index contributed by atoms with van der Waals surface area (Å²) in [6.45, 7) is 0. The molecule has 0 radical (unpaired) electrons. The fourth-order valence-corrected chi connectivity index (χ4v) is 1.41. The zero-order valence-electron chi connectivity index (χ0n) is 6.19. The van der Waals surface area contributed by atoms with E-state index in [2.05, 4.69) is 5.16 Å². The smallest absolute Gasteiger partial charge is 0.0745 e. The van der Waals surface area contributed by atoms with Crippen molar-refractivity contribution in [3.63, 3.8) is 0 Å². The average Bonchev–Trinajstić information content (AvgIpc) is 2.06. The van der Waals surface area contributed by atoms with Crippen LogP contribution < -0.4 is 0 Å². The van der Waals surface area contributed by atoms with Gasteiger partial charge in [-0.3, -0.25) is 0 Å². The Hall–Kier alpha value is -0.960. The Labute approximate surface area is 69.9 Å². The highest BCUT2D eigenvalue weighted by Gasteiger charge is 1.95. The zero-order chi connectivity index (χ0) is 8.10. The van der Waals surface area contributed by atoms with Crippen LogP contribution in [0.25, 0.3) is 0 Å². The molecule has 1 aromatic rings. The predicted octanol–water partition coefficient (Wildman–Crippen LogP) is 2.22. The number of rotatable bonds is 2. The van der Waals surface area contributed by atoms with Crippen molar-refractivity contribution >= 4 is 18.0 Å². The molecular formula is C8H9NOS. The van der Waals surface area contributed by atoms with Crippen LogP contribution in [0.5, 0.6) is 0 Å². The molecular weight excluding hydrogens is 158 g/mol. The minimum Gasteiger partial charge on any atom is -0.411 e. The minimum absolute atomic E-state index is 0.947. The molecule has 0 aliphatic heterocycles. The quantitative estimate of drug-likeness (QED) is 0.317. The van der Waals surface area contributed by atoms with E-state index >= 15 is 0 Å². The molecule has 0 atom stereocenters. The molecule has 0 saturated heterocycles. The summed E-state index contributed by atoms with van der Waals surface area (Å²) >= 11 is 1.63. The van der Waals surface area contributed by atoms with Crippen molar-refractivity contribution in [2.45, 2.75) is 4.90 Å². The van der Waals surface area contributed by atoms with Gasteiger partial charge < -0.3 is 5.21 Å². The van der Waals surface area contributed by atoms with Gasteiger partial charge >= 0.3 is 0 Å². The van der Waals surface area contributed by atoms with Gasteiger partial charge in [0.2, 0.25) is 0 Å². The molecule has 58 valence electrons. The Morgan fingerprint density at radius 1 is 1.45 bits per heavy atom. The van der Waals surface area contributed by atoms with Crippen molar-refractivity contribution in [3.05, 3.63) is 29.8 Å². The number of thioether (sulfide) groups is 1. The van der Waals surface area contributed by atoms with Crippen LogP contribution in [0.15, 0.2) is 34.3 Å². The van der Waals surface area contributed by atoms with Crippen LogP contribution in [0.1, 0.15) is 5.56 Å². The third-order valence-electron chi connectivity index (χ3n) is 1.34. The number of benzene rings is 1. The fourth-order valence-electron chi connectivity index (χ4n) is 0.835. The Morgan fingerprint density at radius 3 is 2.82 bits per heavy atom.